The summed E-state index contributed by atoms with van der Waals surface area (Å²) in [6.45, 7) is 0.355. The predicted octanol–water partition coefficient (Wildman–Crippen LogP) is 3.02. The number of hydrogen-bond donors (Lipinski definition) is 1. The van der Waals surface area contributed by atoms with Crippen molar-refractivity contribution in [3.8, 4) is 5.82 Å². The van der Waals surface area contributed by atoms with Gasteiger partial charge in [-0.25, -0.2) is 9.97 Å². The summed E-state index contributed by atoms with van der Waals surface area (Å²) in [5.41, 5.74) is 1.37. The number of amides is 2. The van der Waals surface area contributed by atoms with Crippen molar-refractivity contribution in [1.82, 2.24) is 14.5 Å². The van der Waals surface area contributed by atoms with Crippen molar-refractivity contribution in [3.05, 3.63) is 65.8 Å². The van der Waals surface area contributed by atoms with Gasteiger partial charge in [-0.05, 0) is 40.2 Å². The average molecular weight is 426 g/mol. The van der Waals surface area contributed by atoms with Gasteiger partial charge in [0.15, 0.2) is 0 Å². The molecular weight excluding hydrogens is 410 g/mol. The molecule has 27 heavy (non-hydrogen) atoms. The Balaban J connectivity index is 1.43. The summed E-state index contributed by atoms with van der Waals surface area (Å²) < 4.78 is 2.61. The quantitative estimate of drug-likeness (QED) is 0.696. The van der Waals surface area contributed by atoms with E-state index in [0.717, 1.165) is 10.2 Å². The number of hydrogen-bond acceptors (Lipinski definition) is 4. The molecule has 2 aromatic heterocycles. The third-order valence-electron chi connectivity index (χ3n) is 4.42. The van der Waals surface area contributed by atoms with E-state index in [1.54, 1.807) is 46.5 Å². The van der Waals surface area contributed by atoms with E-state index in [1.165, 1.54) is 0 Å². The summed E-state index contributed by atoms with van der Waals surface area (Å²) in [6.07, 6.45) is 6.90. The van der Waals surface area contributed by atoms with E-state index >= 15 is 0 Å². The normalized spacial score (nSPS) is 16.6. The third kappa shape index (κ3) is 3.61. The largest absolute Gasteiger partial charge is 0.324 e. The van der Waals surface area contributed by atoms with Crippen LogP contribution < -0.4 is 10.2 Å². The van der Waals surface area contributed by atoms with Crippen molar-refractivity contribution in [3.63, 3.8) is 0 Å². The standard InChI is InChI=1S/C19H16BrN5O2/c20-15-3-1-2-4-16(15)25-11-13(9-18(25)26)19(27)23-14-5-6-17(22-10-14)24-8-7-21-12-24/h1-8,10,12-13H,9,11H2,(H,23,27)/t13-/m1/s1. The zero-order valence-electron chi connectivity index (χ0n) is 14.2. The Morgan fingerprint density at radius 1 is 1.22 bits per heavy atom. The van der Waals surface area contributed by atoms with Gasteiger partial charge in [0.2, 0.25) is 11.8 Å². The van der Waals surface area contributed by atoms with Crippen LogP contribution in [0.4, 0.5) is 11.4 Å². The molecule has 4 rings (SSSR count). The zero-order chi connectivity index (χ0) is 18.8. The minimum Gasteiger partial charge on any atom is -0.324 e. The van der Waals surface area contributed by atoms with E-state index < -0.39 is 5.92 Å². The first-order valence-corrected chi connectivity index (χ1v) is 9.21. The number of aromatic nitrogens is 3. The molecule has 7 nitrogen and oxygen atoms in total. The van der Waals surface area contributed by atoms with Crippen LogP contribution in [0, 0.1) is 5.92 Å². The summed E-state index contributed by atoms with van der Waals surface area (Å²) in [4.78, 5) is 34.9. The summed E-state index contributed by atoms with van der Waals surface area (Å²) >= 11 is 3.46. The first kappa shape index (κ1) is 17.4. The number of nitrogens with zero attached hydrogens (tertiary/aromatic N) is 4. The highest BCUT2D eigenvalue weighted by Crippen LogP contribution is 2.31. The fourth-order valence-corrected chi connectivity index (χ4v) is 3.54. The number of para-hydroxylation sites is 1. The number of anilines is 2. The van der Waals surface area contributed by atoms with Gasteiger partial charge in [0.05, 0.1) is 23.5 Å². The van der Waals surface area contributed by atoms with Crippen molar-refractivity contribution < 1.29 is 9.59 Å². The van der Waals surface area contributed by atoms with Crippen LogP contribution in [0.5, 0.6) is 0 Å². The number of imidazole rings is 1. The molecule has 0 saturated carbocycles. The maximum Gasteiger partial charge on any atom is 0.229 e. The van der Waals surface area contributed by atoms with Crippen LogP contribution in [0.1, 0.15) is 6.42 Å². The van der Waals surface area contributed by atoms with Crippen molar-refractivity contribution in [1.29, 1.82) is 0 Å². The number of nitrogens with one attached hydrogen (secondary N) is 1. The third-order valence-corrected chi connectivity index (χ3v) is 5.09. The van der Waals surface area contributed by atoms with Gasteiger partial charge in [-0.1, -0.05) is 12.1 Å². The molecule has 1 aliphatic heterocycles. The number of benzene rings is 1. The molecule has 1 atom stereocenters. The van der Waals surface area contributed by atoms with Gasteiger partial charge in [0.1, 0.15) is 12.1 Å². The molecule has 0 radical (unpaired) electrons. The van der Waals surface area contributed by atoms with Crippen LogP contribution >= 0.6 is 15.9 Å². The lowest BCUT2D eigenvalue weighted by Gasteiger charge is -2.18. The number of pyridine rings is 1. The highest BCUT2D eigenvalue weighted by Gasteiger charge is 2.35. The van der Waals surface area contributed by atoms with E-state index in [2.05, 4.69) is 31.2 Å². The fourth-order valence-electron chi connectivity index (χ4n) is 3.04. The fraction of sp³-hybridized carbons (Fsp3) is 0.158. The molecule has 1 aromatic carbocycles. The van der Waals surface area contributed by atoms with Gasteiger partial charge >= 0.3 is 0 Å². The van der Waals surface area contributed by atoms with E-state index in [0.29, 0.717) is 18.1 Å². The Morgan fingerprint density at radius 2 is 2.07 bits per heavy atom. The second-order valence-corrected chi connectivity index (χ2v) is 7.08. The SMILES string of the molecule is O=C(Nc1ccc(-n2ccnc2)nc1)[C@@H]1CC(=O)N(c2ccccc2Br)C1. The lowest BCUT2D eigenvalue weighted by atomic mass is 10.1. The van der Waals surface area contributed by atoms with E-state index in [4.69, 9.17) is 0 Å². The molecule has 1 N–H and O–H groups in total. The first-order valence-electron chi connectivity index (χ1n) is 8.42. The summed E-state index contributed by atoms with van der Waals surface area (Å²) in [7, 11) is 0. The van der Waals surface area contributed by atoms with E-state index in [9.17, 15) is 9.59 Å². The van der Waals surface area contributed by atoms with Crippen LogP contribution in [0.25, 0.3) is 5.82 Å². The molecule has 1 saturated heterocycles. The minimum absolute atomic E-state index is 0.0596. The molecule has 136 valence electrons. The summed E-state index contributed by atoms with van der Waals surface area (Å²) in [5, 5.41) is 2.85. The lowest BCUT2D eigenvalue weighted by molar-refractivity contribution is -0.122. The number of carbonyl (C=O) groups is 2. The minimum atomic E-state index is -0.405. The van der Waals surface area contributed by atoms with Crippen molar-refractivity contribution in [2.75, 3.05) is 16.8 Å². The molecule has 0 spiro atoms. The zero-order valence-corrected chi connectivity index (χ0v) is 15.8. The Kier molecular flexibility index (Phi) is 4.72. The number of rotatable bonds is 4. The van der Waals surface area contributed by atoms with Gasteiger partial charge in [-0.2, -0.15) is 0 Å². The van der Waals surface area contributed by atoms with Crippen LogP contribution in [-0.2, 0) is 9.59 Å². The van der Waals surface area contributed by atoms with Gasteiger partial charge < -0.3 is 10.2 Å². The number of halogens is 1. The highest BCUT2D eigenvalue weighted by atomic mass is 79.9. The van der Waals surface area contributed by atoms with Crippen molar-refractivity contribution >= 4 is 39.1 Å². The monoisotopic (exact) mass is 425 g/mol. The Labute approximate surface area is 164 Å². The molecule has 0 unspecified atom stereocenters. The second-order valence-electron chi connectivity index (χ2n) is 6.22. The first-order chi connectivity index (χ1) is 13.1. The molecule has 3 heterocycles. The number of carbonyl (C=O) groups excluding carboxylic acids is 2. The van der Waals surface area contributed by atoms with Crippen molar-refractivity contribution in [2.45, 2.75) is 6.42 Å². The maximum absolute atomic E-state index is 12.6. The molecule has 8 heteroatoms. The van der Waals surface area contributed by atoms with E-state index in [1.807, 2.05) is 24.3 Å². The summed E-state index contributed by atoms with van der Waals surface area (Å²) in [5.74, 6) is 0.0605. The van der Waals surface area contributed by atoms with Crippen LogP contribution in [-0.4, -0.2) is 32.9 Å². The topological polar surface area (TPSA) is 80.1 Å². The predicted molar refractivity (Wildman–Crippen MR) is 105 cm³/mol. The van der Waals surface area contributed by atoms with Gasteiger partial charge in [0.25, 0.3) is 0 Å². The Morgan fingerprint density at radius 3 is 2.78 bits per heavy atom. The average Bonchev–Trinajstić information content (AvgIpc) is 3.33. The Hall–Kier alpha value is -3.00. The molecule has 0 aliphatic carbocycles. The molecule has 1 aliphatic rings. The highest BCUT2D eigenvalue weighted by molar-refractivity contribution is 9.10. The van der Waals surface area contributed by atoms with E-state index in [-0.39, 0.29) is 18.2 Å². The van der Waals surface area contributed by atoms with Crippen LogP contribution in [0.15, 0.2) is 65.8 Å². The summed E-state index contributed by atoms with van der Waals surface area (Å²) in [6, 6.07) is 11.1. The maximum atomic E-state index is 12.6. The van der Waals surface area contributed by atoms with Crippen LogP contribution in [0.3, 0.4) is 0 Å². The smallest absolute Gasteiger partial charge is 0.229 e. The van der Waals surface area contributed by atoms with Crippen molar-refractivity contribution in [2.24, 2.45) is 5.92 Å². The molecular formula is C19H16BrN5O2. The molecule has 2 amide bonds. The molecule has 3 aromatic rings. The lowest BCUT2D eigenvalue weighted by Crippen LogP contribution is -2.28. The second kappa shape index (κ2) is 7.32. The Bertz CT molecular complexity index is 972. The van der Waals surface area contributed by atoms with Gasteiger partial charge in [-0.3, -0.25) is 14.2 Å². The van der Waals surface area contributed by atoms with Crippen LogP contribution in [0.2, 0.25) is 0 Å². The molecule has 0 bridgehead atoms. The molecule has 1 fully saturated rings. The van der Waals surface area contributed by atoms with Gasteiger partial charge in [0, 0.05) is 29.8 Å². The van der Waals surface area contributed by atoms with Gasteiger partial charge in [-0.15, -0.1) is 0 Å².